The smallest absolute Gasteiger partial charge is 0.273 e. The molecule has 8 heteroatoms. The van der Waals surface area contributed by atoms with Gasteiger partial charge in [-0.15, -0.1) is 0 Å². The molecule has 156 valence electrons. The van der Waals surface area contributed by atoms with Crippen LogP contribution in [0.1, 0.15) is 40.0 Å². The number of benzene rings is 2. The van der Waals surface area contributed by atoms with Crippen LogP contribution in [-0.2, 0) is 6.61 Å². The summed E-state index contributed by atoms with van der Waals surface area (Å²) < 4.78 is 16.0. The van der Waals surface area contributed by atoms with Gasteiger partial charge in [-0.3, -0.25) is 9.59 Å². The Hall–Kier alpha value is -3.81. The minimum Gasteiger partial charge on any atom is -0.496 e. The predicted octanol–water partition coefficient (Wildman–Crippen LogP) is 3.65. The van der Waals surface area contributed by atoms with Gasteiger partial charge in [0.25, 0.3) is 11.8 Å². The molecule has 8 nitrogen and oxygen atoms in total. The second-order valence-corrected chi connectivity index (χ2v) is 6.40. The number of anilines is 1. The monoisotopic (exact) mass is 409 g/mol. The van der Waals surface area contributed by atoms with Crippen LogP contribution in [0, 0.1) is 0 Å². The van der Waals surface area contributed by atoms with Gasteiger partial charge in [-0.2, -0.15) is 0 Å². The van der Waals surface area contributed by atoms with Gasteiger partial charge in [-0.25, -0.2) is 0 Å². The second-order valence-electron chi connectivity index (χ2n) is 6.40. The first kappa shape index (κ1) is 20.9. The molecule has 2 aromatic carbocycles. The molecule has 0 bridgehead atoms. The maximum atomic E-state index is 12.4. The Morgan fingerprint density at radius 3 is 2.57 bits per heavy atom. The summed E-state index contributed by atoms with van der Waals surface area (Å²) in [4.78, 5) is 24.3. The summed E-state index contributed by atoms with van der Waals surface area (Å²) in [5, 5.41) is 9.30. The van der Waals surface area contributed by atoms with Crippen LogP contribution in [0.2, 0.25) is 0 Å². The van der Waals surface area contributed by atoms with Gasteiger partial charge in [0.1, 0.15) is 18.1 Å². The molecule has 3 aromatic rings. The van der Waals surface area contributed by atoms with Crippen LogP contribution in [0.15, 0.2) is 59.1 Å². The van der Waals surface area contributed by atoms with Crippen LogP contribution in [-0.4, -0.2) is 30.6 Å². The Labute approximate surface area is 174 Å². The number of carbonyl (C=O) groups excluding carboxylic acids is 2. The topological polar surface area (TPSA) is 103 Å². The van der Waals surface area contributed by atoms with Gasteiger partial charge >= 0.3 is 0 Å². The van der Waals surface area contributed by atoms with Crippen molar-refractivity contribution >= 4 is 17.5 Å². The first-order valence-corrected chi connectivity index (χ1v) is 9.51. The van der Waals surface area contributed by atoms with Gasteiger partial charge < -0.3 is 24.6 Å². The Morgan fingerprint density at radius 2 is 1.83 bits per heavy atom. The fourth-order valence-corrected chi connectivity index (χ4v) is 2.64. The van der Waals surface area contributed by atoms with Crippen molar-refractivity contribution in [3.05, 3.63) is 71.6 Å². The zero-order valence-corrected chi connectivity index (χ0v) is 16.8. The van der Waals surface area contributed by atoms with Crippen LogP contribution in [0.25, 0.3) is 0 Å². The van der Waals surface area contributed by atoms with E-state index in [-0.39, 0.29) is 24.1 Å². The van der Waals surface area contributed by atoms with Crippen LogP contribution >= 0.6 is 0 Å². The van der Waals surface area contributed by atoms with Gasteiger partial charge in [-0.1, -0.05) is 24.2 Å². The molecule has 3 rings (SSSR count). The summed E-state index contributed by atoms with van der Waals surface area (Å²) in [5.74, 6) is 0.979. The Balaban J connectivity index is 1.54. The number of para-hydroxylation sites is 1. The van der Waals surface area contributed by atoms with Crippen LogP contribution in [0.3, 0.4) is 0 Å². The lowest BCUT2D eigenvalue weighted by molar-refractivity contribution is 0.0943. The van der Waals surface area contributed by atoms with E-state index in [2.05, 4.69) is 15.8 Å². The minimum atomic E-state index is -0.276. The number of hydrogen-bond acceptors (Lipinski definition) is 6. The Kier molecular flexibility index (Phi) is 7.05. The summed E-state index contributed by atoms with van der Waals surface area (Å²) in [5.41, 5.74) is 1.29. The van der Waals surface area contributed by atoms with E-state index in [9.17, 15) is 9.59 Å². The van der Waals surface area contributed by atoms with Crippen LogP contribution in [0.5, 0.6) is 11.5 Å². The zero-order valence-electron chi connectivity index (χ0n) is 16.8. The number of carbonyl (C=O) groups is 2. The summed E-state index contributed by atoms with van der Waals surface area (Å²) in [7, 11) is 1.52. The van der Waals surface area contributed by atoms with Crippen LogP contribution < -0.4 is 20.1 Å². The third kappa shape index (κ3) is 5.38. The molecule has 0 saturated heterocycles. The quantitative estimate of drug-likeness (QED) is 0.559. The van der Waals surface area contributed by atoms with Crippen molar-refractivity contribution in [2.45, 2.75) is 20.0 Å². The first-order chi connectivity index (χ1) is 14.6. The number of ether oxygens (including phenoxy) is 2. The molecule has 30 heavy (non-hydrogen) atoms. The summed E-state index contributed by atoms with van der Waals surface area (Å²) >= 11 is 0. The molecule has 0 aliphatic heterocycles. The largest absolute Gasteiger partial charge is 0.496 e. The van der Waals surface area contributed by atoms with Crippen molar-refractivity contribution in [3.63, 3.8) is 0 Å². The van der Waals surface area contributed by atoms with E-state index in [1.807, 2.05) is 6.92 Å². The van der Waals surface area contributed by atoms with E-state index in [0.717, 1.165) is 6.42 Å². The summed E-state index contributed by atoms with van der Waals surface area (Å²) in [6.45, 7) is 2.68. The minimum absolute atomic E-state index is 0.126. The van der Waals surface area contributed by atoms with E-state index >= 15 is 0 Å². The molecule has 0 aliphatic rings. The fourth-order valence-electron chi connectivity index (χ4n) is 2.64. The first-order valence-electron chi connectivity index (χ1n) is 9.51. The molecular weight excluding hydrogens is 386 g/mol. The molecule has 0 aliphatic carbocycles. The molecule has 1 heterocycles. The number of nitrogens with zero attached hydrogens (tertiary/aromatic N) is 1. The van der Waals surface area contributed by atoms with Gasteiger partial charge in [0, 0.05) is 18.3 Å². The maximum Gasteiger partial charge on any atom is 0.273 e. The summed E-state index contributed by atoms with van der Waals surface area (Å²) in [6.07, 6.45) is 0.842. The van der Waals surface area contributed by atoms with E-state index in [0.29, 0.717) is 35.1 Å². The number of amides is 2. The molecule has 0 fully saturated rings. The molecule has 0 saturated carbocycles. The average molecular weight is 409 g/mol. The maximum absolute atomic E-state index is 12.4. The SMILES string of the molecule is CCCNC(=O)c1cc(COc2ccc(NC(=O)c3ccccc3OC)cc2)on1. The lowest BCUT2D eigenvalue weighted by Gasteiger charge is -2.10. The number of hydrogen-bond donors (Lipinski definition) is 2. The van der Waals surface area contributed by atoms with E-state index in [1.165, 1.54) is 7.11 Å². The molecule has 0 spiro atoms. The van der Waals surface area contributed by atoms with Gasteiger partial charge in [0.2, 0.25) is 0 Å². The third-order valence-electron chi connectivity index (χ3n) is 4.17. The van der Waals surface area contributed by atoms with Gasteiger partial charge in [-0.05, 0) is 42.8 Å². The highest BCUT2D eigenvalue weighted by atomic mass is 16.5. The van der Waals surface area contributed by atoms with Crippen LogP contribution in [0.4, 0.5) is 5.69 Å². The molecule has 1 aromatic heterocycles. The normalized spacial score (nSPS) is 10.3. The molecule has 0 unspecified atom stereocenters. The average Bonchev–Trinajstić information content (AvgIpc) is 3.26. The van der Waals surface area contributed by atoms with Gasteiger partial charge in [0.05, 0.1) is 12.7 Å². The molecule has 2 amide bonds. The highest BCUT2D eigenvalue weighted by molar-refractivity contribution is 6.06. The van der Waals surface area contributed by atoms with E-state index < -0.39 is 0 Å². The number of aromatic nitrogens is 1. The van der Waals surface area contributed by atoms with Crippen molar-refractivity contribution in [2.75, 3.05) is 19.0 Å². The molecular formula is C22H23N3O5. The zero-order chi connectivity index (χ0) is 21.3. The van der Waals surface area contributed by atoms with Crippen molar-refractivity contribution < 1.29 is 23.6 Å². The van der Waals surface area contributed by atoms with Crippen molar-refractivity contribution in [1.29, 1.82) is 0 Å². The molecule has 2 N–H and O–H groups in total. The summed E-state index contributed by atoms with van der Waals surface area (Å²) in [6, 6.07) is 15.5. The number of nitrogens with one attached hydrogen (secondary N) is 2. The number of methoxy groups -OCH3 is 1. The predicted molar refractivity (Wildman–Crippen MR) is 111 cm³/mol. The highest BCUT2D eigenvalue weighted by Gasteiger charge is 2.13. The lowest BCUT2D eigenvalue weighted by atomic mass is 10.2. The van der Waals surface area contributed by atoms with Crippen molar-refractivity contribution in [2.24, 2.45) is 0 Å². The number of rotatable bonds is 9. The van der Waals surface area contributed by atoms with Gasteiger partial charge in [0.15, 0.2) is 11.5 Å². The highest BCUT2D eigenvalue weighted by Crippen LogP contribution is 2.21. The lowest BCUT2D eigenvalue weighted by Crippen LogP contribution is -2.24. The second kappa shape index (κ2) is 10.1. The third-order valence-corrected chi connectivity index (χ3v) is 4.17. The Bertz CT molecular complexity index is 998. The fraction of sp³-hybridized carbons (Fsp3) is 0.227. The van der Waals surface area contributed by atoms with E-state index in [4.69, 9.17) is 14.0 Å². The van der Waals surface area contributed by atoms with Crippen molar-refractivity contribution in [1.82, 2.24) is 10.5 Å². The standard InChI is InChI=1S/C22H23N3O5/c1-3-12-23-22(27)19-13-17(30-25-19)14-29-16-10-8-15(9-11-16)24-21(26)18-6-4-5-7-20(18)28-2/h4-11,13H,3,12,14H2,1-2H3,(H,23,27)(H,24,26). The molecule has 0 radical (unpaired) electrons. The Morgan fingerprint density at radius 1 is 1.07 bits per heavy atom. The van der Waals surface area contributed by atoms with Crippen molar-refractivity contribution in [3.8, 4) is 11.5 Å². The van der Waals surface area contributed by atoms with E-state index in [1.54, 1.807) is 54.6 Å². The molecule has 0 atom stereocenters.